The Morgan fingerprint density at radius 1 is 1.00 bits per heavy atom. The van der Waals surface area contributed by atoms with Gasteiger partial charge in [-0.3, -0.25) is 4.98 Å². The Labute approximate surface area is 170 Å². The number of aromatic nitrogens is 3. The first-order chi connectivity index (χ1) is 13.8. The summed E-state index contributed by atoms with van der Waals surface area (Å²) in [5, 5.41) is 4.54. The van der Waals surface area contributed by atoms with Crippen LogP contribution in [0.1, 0.15) is 24.1 Å². The summed E-state index contributed by atoms with van der Waals surface area (Å²) in [5.41, 5.74) is 2.35. The summed E-state index contributed by atoms with van der Waals surface area (Å²) in [7, 11) is 0. The van der Waals surface area contributed by atoms with Gasteiger partial charge in [0.1, 0.15) is 16.7 Å². The van der Waals surface area contributed by atoms with E-state index in [4.69, 9.17) is 4.98 Å². The number of hydrogen-bond acceptors (Lipinski definition) is 6. The second kappa shape index (κ2) is 9.06. The van der Waals surface area contributed by atoms with Crippen molar-refractivity contribution in [3.8, 4) is 0 Å². The molecule has 0 bridgehead atoms. The van der Waals surface area contributed by atoms with E-state index in [-0.39, 0.29) is 0 Å². The first-order valence-corrected chi connectivity index (χ1v) is 10.7. The van der Waals surface area contributed by atoms with Crippen molar-refractivity contribution < 1.29 is 0 Å². The number of nitrogens with one attached hydrogen (secondary N) is 1. The van der Waals surface area contributed by atoms with Gasteiger partial charge in [0, 0.05) is 30.6 Å². The lowest BCUT2D eigenvalue weighted by Gasteiger charge is -2.33. The van der Waals surface area contributed by atoms with Crippen LogP contribution in [0.2, 0.25) is 0 Å². The molecular formula is C22H25N5S. The Balaban J connectivity index is 1.32. The van der Waals surface area contributed by atoms with E-state index < -0.39 is 0 Å². The molecule has 3 aromatic rings. The predicted octanol–water partition coefficient (Wildman–Crippen LogP) is 4.55. The molecule has 2 aromatic heterocycles. The molecule has 1 aliphatic rings. The highest BCUT2D eigenvalue weighted by molar-refractivity contribution is 7.98. The lowest BCUT2D eigenvalue weighted by Crippen LogP contribution is -2.39. The summed E-state index contributed by atoms with van der Waals surface area (Å²) < 4.78 is 0. The van der Waals surface area contributed by atoms with E-state index in [1.807, 2.05) is 43.6 Å². The second-order valence-corrected chi connectivity index (χ2v) is 8.06. The number of hydrogen-bond donors (Lipinski definition) is 1. The van der Waals surface area contributed by atoms with Crippen molar-refractivity contribution in [1.29, 1.82) is 0 Å². The van der Waals surface area contributed by atoms with Crippen LogP contribution in [0.15, 0.2) is 66.0 Å². The summed E-state index contributed by atoms with van der Waals surface area (Å²) in [6.07, 6.45) is 5.87. The van der Waals surface area contributed by atoms with Gasteiger partial charge < -0.3 is 10.2 Å². The van der Waals surface area contributed by atoms with Crippen LogP contribution in [0.5, 0.6) is 0 Å². The topological polar surface area (TPSA) is 53.9 Å². The first kappa shape index (κ1) is 18.7. The Morgan fingerprint density at radius 3 is 2.61 bits per heavy atom. The highest BCUT2D eigenvalue weighted by Gasteiger charge is 2.20. The quantitative estimate of drug-likeness (QED) is 0.622. The van der Waals surface area contributed by atoms with Gasteiger partial charge in [-0.05, 0) is 37.5 Å². The molecule has 0 unspecified atom stereocenters. The molecule has 1 fully saturated rings. The molecular weight excluding hydrogens is 366 g/mol. The molecule has 1 aliphatic heterocycles. The standard InChI is InChI=1S/C22H25N5S/c1-17-6-5-9-20(24-17)25-19-10-12-27(13-11-19)21-14-23-15-22(26-21)28-16-18-7-3-2-4-8-18/h2-9,14-15,19H,10-13,16H2,1H3,(H,24,25). The molecule has 0 aliphatic carbocycles. The van der Waals surface area contributed by atoms with E-state index in [1.165, 1.54) is 5.56 Å². The first-order valence-electron chi connectivity index (χ1n) is 9.70. The van der Waals surface area contributed by atoms with E-state index >= 15 is 0 Å². The van der Waals surface area contributed by atoms with Crippen LogP contribution >= 0.6 is 11.8 Å². The summed E-state index contributed by atoms with van der Waals surface area (Å²) in [6.45, 7) is 3.98. The number of benzene rings is 1. The molecule has 4 rings (SSSR count). The zero-order valence-corrected chi connectivity index (χ0v) is 16.9. The van der Waals surface area contributed by atoms with Gasteiger partial charge >= 0.3 is 0 Å². The van der Waals surface area contributed by atoms with Crippen LogP contribution in [-0.4, -0.2) is 34.1 Å². The number of thioether (sulfide) groups is 1. The van der Waals surface area contributed by atoms with Crippen LogP contribution < -0.4 is 10.2 Å². The fraction of sp³-hybridized carbons (Fsp3) is 0.318. The van der Waals surface area contributed by atoms with Crippen LogP contribution in [0.25, 0.3) is 0 Å². The van der Waals surface area contributed by atoms with Crippen molar-refractivity contribution in [2.45, 2.75) is 36.6 Å². The largest absolute Gasteiger partial charge is 0.367 e. The molecule has 0 radical (unpaired) electrons. The van der Waals surface area contributed by atoms with Crippen molar-refractivity contribution in [3.05, 3.63) is 72.2 Å². The predicted molar refractivity (Wildman–Crippen MR) is 116 cm³/mol. The van der Waals surface area contributed by atoms with Gasteiger partial charge in [-0.1, -0.05) is 36.4 Å². The van der Waals surface area contributed by atoms with Gasteiger partial charge in [0.15, 0.2) is 0 Å². The lowest BCUT2D eigenvalue weighted by atomic mass is 10.1. The average Bonchev–Trinajstić information content (AvgIpc) is 2.74. The Kier molecular flexibility index (Phi) is 6.07. The van der Waals surface area contributed by atoms with Crippen LogP contribution in [0.4, 0.5) is 11.6 Å². The van der Waals surface area contributed by atoms with E-state index in [0.717, 1.165) is 54.0 Å². The molecule has 3 heterocycles. The van der Waals surface area contributed by atoms with E-state index in [0.29, 0.717) is 6.04 Å². The van der Waals surface area contributed by atoms with Gasteiger partial charge in [-0.15, -0.1) is 11.8 Å². The van der Waals surface area contributed by atoms with Crippen molar-refractivity contribution in [1.82, 2.24) is 15.0 Å². The zero-order chi connectivity index (χ0) is 19.2. The molecule has 1 aromatic carbocycles. The van der Waals surface area contributed by atoms with Gasteiger partial charge in [0.05, 0.1) is 12.4 Å². The molecule has 0 amide bonds. The average molecular weight is 392 g/mol. The number of piperidine rings is 1. The van der Waals surface area contributed by atoms with Gasteiger partial charge in [0.2, 0.25) is 0 Å². The van der Waals surface area contributed by atoms with Crippen LogP contribution in [0.3, 0.4) is 0 Å². The van der Waals surface area contributed by atoms with Gasteiger partial charge in [-0.2, -0.15) is 0 Å². The third-order valence-electron chi connectivity index (χ3n) is 4.89. The molecule has 1 N–H and O–H groups in total. The highest BCUT2D eigenvalue weighted by atomic mass is 32.2. The minimum atomic E-state index is 0.453. The van der Waals surface area contributed by atoms with Crippen molar-refractivity contribution in [2.75, 3.05) is 23.3 Å². The Morgan fingerprint density at radius 2 is 1.82 bits per heavy atom. The number of rotatable bonds is 6. The fourth-order valence-electron chi connectivity index (χ4n) is 3.38. The van der Waals surface area contributed by atoms with Crippen molar-refractivity contribution in [3.63, 3.8) is 0 Å². The third-order valence-corrected chi connectivity index (χ3v) is 5.86. The van der Waals surface area contributed by atoms with E-state index in [2.05, 4.69) is 44.5 Å². The minimum absolute atomic E-state index is 0.453. The number of pyridine rings is 1. The number of nitrogens with zero attached hydrogens (tertiary/aromatic N) is 4. The van der Waals surface area contributed by atoms with E-state index in [9.17, 15) is 0 Å². The molecule has 0 saturated carbocycles. The van der Waals surface area contributed by atoms with Gasteiger partial charge in [-0.25, -0.2) is 9.97 Å². The van der Waals surface area contributed by atoms with Crippen molar-refractivity contribution >= 4 is 23.4 Å². The molecule has 28 heavy (non-hydrogen) atoms. The fourth-order valence-corrected chi connectivity index (χ4v) is 4.18. The third kappa shape index (κ3) is 5.01. The summed E-state index contributed by atoms with van der Waals surface area (Å²) >= 11 is 1.73. The number of anilines is 2. The molecule has 5 nitrogen and oxygen atoms in total. The molecule has 6 heteroatoms. The molecule has 1 saturated heterocycles. The molecule has 0 atom stereocenters. The zero-order valence-electron chi connectivity index (χ0n) is 16.1. The smallest absolute Gasteiger partial charge is 0.148 e. The lowest BCUT2D eigenvalue weighted by molar-refractivity contribution is 0.521. The summed E-state index contributed by atoms with van der Waals surface area (Å²) in [4.78, 5) is 16.1. The second-order valence-electron chi connectivity index (χ2n) is 7.06. The summed E-state index contributed by atoms with van der Waals surface area (Å²) in [5.74, 6) is 2.86. The maximum Gasteiger partial charge on any atom is 0.148 e. The van der Waals surface area contributed by atoms with Crippen molar-refractivity contribution in [2.24, 2.45) is 0 Å². The minimum Gasteiger partial charge on any atom is -0.367 e. The number of aryl methyl sites for hydroxylation is 1. The Bertz CT molecular complexity index is 894. The normalized spacial score (nSPS) is 14.8. The summed E-state index contributed by atoms with van der Waals surface area (Å²) in [6, 6.07) is 17.0. The highest BCUT2D eigenvalue weighted by Crippen LogP contribution is 2.24. The van der Waals surface area contributed by atoms with Crippen LogP contribution in [0, 0.1) is 6.92 Å². The molecule has 0 spiro atoms. The maximum atomic E-state index is 4.83. The van der Waals surface area contributed by atoms with Gasteiger partial charge in [0.25, 0.3) is 0 Å². The monoisotopic (exact) mass is 391 g/mol. The van der Waals surface area contributed by atoms with Crippen LogP contribution in [-0.2, 0) is 5.75 Å². The molecule has 144 valence electrons. The van der Waals surface area contributed by atoms with E-state index in [1.54, 1.807) is 11.8 Å². The maximum absolute atomic E-state index is 4.83. The SMILES string of the molecule is Cc1cccc(NC2CCN(c3cncc(SCc4ccccc4)n3)CC2)n1. The Hall–Kier alpha value is -2.60.